The van der Waals surface area contributed by atoms with E-state index in [4.69, 9.17) is 4.74 Å². The van der Waals surface area contributed by atoms with Gasteiger partial charge in [0.05, 0.1) is 7.11 Å². The number of Topliss-reactive ketones (excluding diaryl/α,β-unsaturated/α-hetero) is 1. The Bertz CT molecular complexity index is 647. The van der Waals surface area contributed by atoms with Gasteiger partial charge >= 0.3 is 0 Å². The summed E-state index contributed by atoms with van der Waals surface area (Å²) in [6.07, 6.45) is 0. The number of rotatable bonds is 5. The zero-order valence-corrected chi connectivity index (χ0v) is 12.1. The van der Waals surface area contributed by atoms with Crippen LogP contribution in [-0.4, -0.2) is 18.8 Å². The van der Waals surface area contributed by atoms with Gasteiger partial charge in [0.25, 0.3) is 5.91 Å². The van der Waals surface area contributed by atoms with Crippen LogP contribution in [-0.2, 0) is 6.54 Å². The normalized spacial score (nSPS) is 10.0. The Balaban J connectivity index is 1.99. The minimum Gasteiger partial charge on any atom is -0.497 e. The molecule has 0 aliphatic carbocycles. The van der Waals surface area contributed by atoms with E-state index in [0.29, 0.717) is 17.7 Å². The number of benzene rings is 2. The van der Waals surface area contributed by atoms with Crippen LogP contribution in [0.1, 0.15) is 33.2 Å². The molecule has 2 aromatic rings. The second kappa shape index (κ2) is 6.70. The van der Waals surface area contributed by atoms with Crippen molar-refractivity contribution in [3.8, 4) is 5.75 Å². The van der Waals surface area contributed by atoms with Crippen molar-refractivity contribution in [3.63, 3.8) is 0 Å². The first-order valence-electron chi connectivity index (χ1n) is 6.62. The quantitative estimate of drug-likeness (QED) is 0.858. The average Bonchev–Trinajstić information content (AvgIpc) is 2.53. The lowest BCUT2D eigenvalue weighted by molar-refractivity contribution is 0.0948. The Morgan fingerprint density at radius 3 is 2.33 bits per heavy atom. The fourth-order valence-electron chi connectivity index (χ4n) is 1.92. The van der Waals surface area contributed by atoms with Gasteiger partial charge in [0.2, 0.25) is 0 Å². The minimum atomic E-state index is -0.173. The summed E-state index contributed by atoms with van der Waals surface area (Å²) in [4.78, 5) is 23.2. The summed E-state index contributed by atoms with van der Waals surface area (Å²) in [6, 6.07) is 14.1. The molecule has 0 spiro atoms. The minimum absolute atomic E-state index is 0.0154. The van der Waals surface area contributed by atoms with Crippen molar-refractivity contribution < 1.29 is 14.3 Å². The Morgan fingerprint density at radius 1 is 1.05 bits per heavy atom. The maximum Gasteiger partial charge on any atom is 0.251 e. The zero-order chi connectivity index (χ0) is 15.2. The van der Waals surface area contributed by atoms with Crippen LogP contribution in [0, 0.1) is 0 Å². The molecule has 0 fully saturated rings. The molecule has 4 heteroatoms. The Morgan fingerprint density at radius 2 is 1.71 bits per heavy atom. The largest absolute Gasteiger partial charge is 0.497 e. The van der Waals surface area contributed by atoms with Gasteiger partial charge in [-0.2, -0.15) is 0 Å². The van der Waals surface area contributed by atoms with Crippen LogP contribution in [0.25, 0.3) is 0 Å². The van der Waals surface area contributed by atoms with Crippen LogP contribution in [0.5, 0.6) is 5.75 Å². The third-order valence-corrected chi connectivity index (χ3v) is 3.14. The zero-order valence-electron chi connectivity index (χ0n) is 12.1. The average molecular weight is 283 g/mol. The Hall–Kier alpha value is -2.62. The van der Waals surface area contributed by atoms with E-state index >= 15 is 0 Å². The number of ether oxygens (including phenoxy) is 1. The van der Waals surface area contributed by atoms with Crippen LogP contribution < -0.4 is 10.1 Å². The van der Waals surface area contributed by atoms with Gasteiger partial charge in [-0.05, 0) is 36.8 Å². The van der Waals surface area contributed by atoms with Gasteiger partial charge in [-0.1, -0.05) is 24.3 Å². The van der Waals surface area contributed by atoms with Crippen LogP contribution in [0.15, 0.2) is 48.5 Å². The van der Waals surface area contributed by atoms with Crippen LogP contribution in [0.3, 0.4) is 0 Å². The first kappa shape index (κ1) is 14.8. The molecule has 4 nitrogen and oxygen atoms in total. The van der Waals surface area contributed by atoms with E-state index < -0.39 is 0 Å². The summed E-state index contributed by atoms with van der Waals surface area (Å²) in [5, 5.41) is 2.84. The van der Waals surface area contributed by atoms with Gasteiger partial charge in [0.1, 0.15) is 5.75 Å². The highest BCUT2D eigenvalue weighted by molar-refractivity contribution is 5.97. The highest BCUT2D eigenvalue weighted by atomic mass is 16.5. The Labute approximate surface area is 123 Å². The maximum absolute atomic E-state index is 12.0. The number of carbonyl (C=O) groups excluding carboxylic acids is 2. The highest BCUT2D eigenvalue weighted by Crippen LogP contribution is 2.12. The Kier molecular flexibility index (Phi) is 4.72. The van der Waals surface area contributed by atoms with Gasteiger partial charge in [0.15, 0.2) is 5.78 Å². The third kappa shape index (κ3) is 3.92. The predicted octanol–water partition coefficient (Wildman–Crippen LogP) is 2.83. The molecule has 0 aliphatic rings. The molecule has 0 heterocycles. The van der Waals surface area contributed by atoms with Crippen molar-refractivity contribution in [1.82, 2.24) is 5.32 Å². The molecule has 1 N–H and O–H groups in total. The SMILES string of the molecule is COc1cccc(CNC(=O)c2ccc(C(C)=O)cc2)c1. The molecule has 0 saturated carbocycles. The smallest absolute Gasteiger partial charge is 0.251 e. The first-order chi connectivity index (χ1) is 10.1. The summed E-state index contributed by atoms with van der Waals surface area (Å²) >= 11 is 0. The summed E-state index contributed by atoms with van der Waals surface area (Å²) in [5.74, 6) is 0.568. The highest BCUT2D eigenvalue weighted by Gasteiger charge is 2.06. The van der Waals surface area contributed by atoms with E-state index in [0.717, 1.165) is 11.3 Å². The second-order valence-corrected chi connectivity index (χ2v) is 4.67. The lowest BCUT2D eigenvalue weighted by atomic mass is 10.1. The number of amides is 1. The van der Waals surface area contributed by atoms with Gasteiger partial charge in [-0.3, -0.25) is 9.59 Å². The monoisotopic (exact) mass is 283 g/mol. The van der Waals surface area contributed by atoms with Crippen LogP contribution in [0.4, 0.5) is 0 Å². The summed E-state index contributed by atoms with van der Waals surface area (Å²) < 4.78 is 5.14. The lowest BCUT2D eigenvalue weighted by Crippen LogP contribution is -2.22. The van der Waals surface area contributed by atoms with E-state index in [-0.39, 0.29) is 11.7 Å². The second-order valence-electron chi connectivity index (χ2n) is 4.67. The molecular formula is C17H17NO3. The van der Waals surface area contributed by atoms with Gasteiger partial charge in [-0.15, -0.1) is 0 Å². The number of hydrogen-bond acceptors (Lipinski definition) is 3. The van der Waals surface area contributed by atoms with Crippen molar-refractivity contribution in [3.05, 3.63) is 65.2 Å². The number of ketones is 1. The number of nitrogens with one attached hydrogen (secondary N) is 1. The molecular weight excluding hydrogens is 266 g/mol. The molecule has 0 atom stereocenters. The van der Waals surface area contributed by atoms with Crippen molar-refractivity contribution in [2.45, 2.75) is 13.5 Å². The fourth-order valence-corrected chi connectivity index (χ4v) is 1.92. The van der Waals surface area contributed by atoms with Crippen molar-refractivity contribution in [2.24, 2.45) is 0 Å². The molecule has 2 aromatic carbocycles. The molecule has 0 unspecified atom stereocenters. The van der Waals surface area contributed by atoms with Crippen molar-refractivity contribution >= 4 is 11.7 Å². The molecule has 108 valence electrons. The molecule has 0 radical (unpaired) electrons. The molecule has 0 aliphatic heterocycles. The fraction of sp³-hybridized carbons (Fsp3) is 0.176. The van der Waals surface area contributed by atoms with Gasteiger partial charge < -0.3 is 10.1 Å². The summed E-state index contributed by atoms with van der Waals surface area (Å²) in [6.45, 7) is 1.92. The molecule has 21 heavy (non-hydrogen) atoms. The molecule has 1 amide bonds. The van der Waals surface area contributed by atoms with Gasteiger partial charge in [0, 0.05) is 17.7 Å². The first-order valence-corrected chi connectivity index (χ1v) is 6.62. The summed E-state index contributed by atoms with van der Waals surface area (Å²) in [5.41, 5.74) is 2.09. The molecule has 0 saturated heterocycles. The van der Waals surface area contributed by atoms with E-state index in [2.05, 4.69) is 5.32 Å². The summed E-state index contributed by atoms with van der Waals surface area (Å²) in [7, 11) is 1.61. The van der Waals surface area contributed by atoms with E-state index in [1.807, 2.05) is 24.3 Å². The van der Waals surface area contributed by atoms with Crippen molar-refractivity contribution in [2.75, 3.05) is 7.11 Å². The van der Waals surface area contributed by atoms with E-state index in [1.165, 1.54) is 6.92 Å². The topological polar surface area (TPSA) is 55.4 Å². The molecule has 0 aromatic heterocycles. The standard InChI is InChI=1S/C17H17NO3/c1-12(19)14-6-8-15(9-7-14)17(20)18-11-13-4-3-5-16(10-13)21-2/h3-10H,11H2,1-2H3,(H,18,20). The van der Waals surface area contributed by atoms with Gasteiger partial charge in [-0.25, -0.2) is 0 Å². The third-order valence-electron chi connectivity index (χ3n) is 3.14. The maximum atomic E-state index is 12.0. The van der Waals surface area contributed by atoms with Crippen molar-refractivity contribution in [1.29, 1.82) is 0 Å². The predicted molar refractivity (Wildman–Crippen MR) is 80.6 cm³/mol. The van der Waals surface area contributed by atoms with Crippen LogP contribution in [0.2, 0.25) is 0 Å². The number of hydrogen-bond donors (Lipinski definition) is 1. The number of methoxy groups -OCH3 is 1. The molecule has 2 rings (SSSR count). The number of carbonyl (C=O) groups is 2. The molecule has 0 bridgehead atoms. The van der Waals surface area contributed by atoms with Crippen LogP contribution >= 0.6 is 0 Å². The van der Waals surface area contributed by atoms with E-state index in [1.54, 1.807) is 31.4 Å². The van der Waals surface area contributed by atoms with E-state index in [9.17, 15) is 9.59 Å². The lowest BCUT2D eigenvalue weighted by Gasteiger charge is -2.07.